The molecule has 2 heterocycles. The van der Waals surface area contributed by atoms with Gasteiger partial charge in [0.2, 0.25) is 15.9 Å². The molecule has 122 valence electrons. The average molecular weight is 317 g/mol. The number of carbonyl (C=O) groups excluding carboxylic acids is 1. The van der Waals surface area contributed by atoms with E-state index in [2.05, 4.69) is 10.6 Å². The van der Waals surface area contributed by atoms with Gasteiger partial charge in [0.25, 0.3) is 0 Å². The van der Waals surface area contributed by atoms with E-state index < -0.39 is 10.0 Å². The van der Waals surface area contributed by atoms with Crippen molar-refractivity contribution in [1.82, 2.24) is 14.9 Å². The first-order valence-corrected chi connectivity index (χ1v) is 9.72. The van der Waals surface area contributed by atoms with Crippen molar-refractivity contribution in [1.29, 1.82) is 0 Å². The summed E-state index contributed by atoms with van der Waals surface area (Å²) in [4.78, 5) is 11.8. The SMILES string of the molecule is CS(=O)(=O)N1CCC(CNC(=O)CCC2CCNC2)CC1. The van der Waals surface area contributed by atoms with E-state index in [0.29, 0.717) is 37.9 Å². The molecule has 0 radical (unpaired) electrons. The van der Waals surface area contributed by atoms with Gasteiger partial charge in [0, 0.05) is 26.1 Å². The number of rotatable bonds is 6. The fourth-order valence-corrected chi connectivity index (χ4v) is 3.96. The van der Waals surface area contributed by atoms with E-state index in [1.165, 1.54) is 17.0 Å². The van der Waals surface area contributed by atoms with Crippen LogP contribution in [0.25, 0.3) is 0 Å². The molecule has 0 spiro atoms. The van der Waals surface area contributed by atoms with Crippen molar-refractivity contribution >= 4 is 15.9 Å². The van der Waals surface area contributed by atoms with Gasteiger partial charge in [-0.1, -0.05) is 0 Å². The maximum atomic E-state index is 11.8. The average Bonchev–Trinajstić information content (AvgIpc) is 2.95. The van der Waals surface area contributed by atoms with Gasteiger partial charge in [0.15, 0.2) is 0 Å². The van der Waals surface area contributed by atoms with Gasteiger partial charge in [-0.3, -0.25) is 4.79 Å². The lowest BCUT2D eigenvalue weighted by Gasteiger charge is -2.30. The highest BCUT2D eigenvalue weighted by Crippen LogP contribution is 2.18. The summed E-state index contributed by atoms with van der Waals surface area (Å²) in [5.41, 5.74) is 0. The van der Waals surface area contributed by atoms with Crippen molar-refractivity contribution in [2.75, 3.05) is 39.0 Å². The van der Waals surface area contributed by atoms with Crippen molar-refractivity contribution in [3.63, 3.8) is 0 Å². The number of hydrogen-bond acceptors (Lipinski definition) is 4. The van der Waals surface area contributed by atoms with E-state index in [1.807, 2.05) is 0 Å². The summed E-state index contributed by atoms with van der Waals surface area (Å²) in [5, 5.41) is 6.31. The molecular weight excluding hydrogens is 290 g/mol. The van der Waals surface area contributed by atoms with Crippen LogP contribution in [0.4, 0.5) is 0 Å². The zero-order valence-corrected chi connectivity index (χ0v) is 13.6. The van der Waals surface area contributed by atoms with Crippen LogP contribution in [0.1, 0.15) is 32.1 Å². The van der Waals surface area contributed by atoms with E-state index in [1.54, 1.807) is 0 Å². The first-order valence-electron chi connectivity index (χ1n) is 7.87. The van der Waals surface area contributed by atoms with Crippen molar-refractivity contribution in [3.8, 4) is 0 Å². The Labute approximate surface area is 127 Å². The largest absolute Gasteiger partial charge is 0.356 e. The van der Waals surface area contributed by atoms with Crippen molar-refractivity contribution in [2.45, 2.75) is 32.1 Å². The third-order valence-electron chi connectivity index (χ3n) is 4.57. The Balaban J connectivity index is 1.59. The Kier molecular flexibility index (Phi) is 6.01. The molecule has 0 aromatic carbocycles. The lowest BCUT2D eigenvalue weighted by Crippen LogP contribution is -2.41. The predicted octanol–water partition coefficient (Wildman–Crippen LogP) is 0.164. The zero-order valence-electron chi connectivity index (χ0n) is 12.8. The summed E-state index contributed by atoms with van der Waals surface area (Å²) >= 11 is 0. The summed E-state index contributed by atoms with van der Waals surface area (Å²) in [6.07, 6.45) is 5.67. The number of hydrogen-bond donors (Lipinski definition) is 2. The Morgan fingerprint density at radius 1 is 1.24 bits per heavy atom. The molecule has 2 saturated heterocycles. The maximum absolute atomic E-state index is 11.8. The van der Waals surface area contributed by atoms with Crippen LogP contribution in [0, 0.1) is 11.8 Å². The minimum absolute atomic E-state index is 0.132. The fraction of sp³-hybridized carbons (Fsp3) is 0.929. The normalized spacial score (nSPS) is 25.1. The van der Waals surface area contributed by atoms with E-state index in [-0.39, 0.29) is 5.91 Å². The molecule has 1 unspecified atom stereocenters. The van der Waals surface area contributed by atoms with Gasteiger partial charge in [-0.05, 0) is 50.6 Å². The summed E-state index contributed by atoms with van der Waals surface area (Å²) in [7, 11) is -3.06. The number of carbonyl (C=O) groups is 1. The highest BCUT2D eigenvalue weighted by molar-refractivity contribution is 7.88. The molecule has 1 atom stereocenters. The number of nitrogens with one attached hydrogen (secondary N) is 2. The number of nitrogens with zero attached hydrogens (tertiary/aromatic N) is 1. The lowest BCUT2D eigenvalue weighted by molar-refractivity contribution is -0.121. The Hall–Kier alpha value is -0.660. The molecule has 0 bridgehead atoms. The molecule has 21 heavy (non-hydrogen) atoms. The van der Waals surface area contributed by atoms with Crippen molar-refractivity contribution < 1.29 is 13.2 Å². The van der Waals surface area contributed by atoms with E-state index in [4.69, 9.17) is 0 Å². The van der Waals surface area contributed by atoms with Gasteiger partial charge in [0.05, 0.1) is 6.26 Å². The smallest absolute Gasteiger partial charge is 0.220 e. The molecular formula is C14H27N3O3S. The number of sulfonamides is 1. The predicted molar refractivity (Wildman–Crippen MR) is 82.4 cm³/mol. The lowest BCUT2D eigenvalue weighted by atomic mass is 9.98. The molecule has 2 N–H and O–H groups in total. The molecule has 2 aliphatic rings. The standard InChI is InChI=1S/C14H27N3O3S/c1-21(19,20)17-8-5-13(6-9-17)11-16-14(18)3-2-12-4-7-15-10-12/h12-13,15H,2-11H2,1H3,(H,16,18). The first-order chi connectivity index (χ1) is 9.95. The van der Waals surface area contributed by atoms with Crippen LogP contribution in [0.2, 0.25) is 0 Å². The second kappa shape index (κ2) is 7.56. The molecule has 0 aliphatic carbocycles. The summed E-state index contributed by atoms with van der Waals surface area (Å²) in [5.74, 6) is 1.18. The van der Waals surface area contributed by atoms with Gasteiger partial charge in [-0.2, -0.15) is 0 Å². The summed E-state index contributed by atoms with van der Waals surface area (Å²) in [6, 6.07) is 0. The van der Waals surface area contributed by atoms with Crippen molar-refractivity contribution in [3.05, 3.63) is 0 Å². The Morgan fingerprint density at radius 2 is 1.95 bits per heavy atom. The third-order valence-corrected chi connectivity index (χ3v) is 5.88. The van der Waals surface area contributed by atoms with Gasteiger partial charge in [-0.25, -0.2) is 12.7 Å². The van der Waals surface area contributed by atoms with Crippen LogP contribution < -0.4 is 10.6 Å². The van der Waals surface area contributed by atoms with Gasteiger partial charge in [0.1, 0.15) is 0 Å². The molecule has 1 amide bonds. The van der Waals surface area contributed by atoms with Crippen LogP contribution in [0.5, 0.6) is 0 Å². The van der Waals surface area contributed by atoms with Crippen LogP contribution in [-0.2, 0) is 14.8 Å². The van der Waals surface area contributed by atoms with E-state index in [0.717, 1.165) is 32.4 Å². The molecule has 0 aromatic heterocycles. The Bertz CT molecular complexity index is 438. The zero-order chi connectivity index (χ0) is 15.3. The van der Waals surface area contributed by atoms with E-state index in [9.17, 15) is 13.2 Å². The molecule has 0 saturated carbocycles. The van der Waals surface area contributed by atoms with E-state index >= 15 is 0 Å². The molecule has 0 aromatic rings. The third kappa shape index (κ3) is 5.56. The number of amides is 1. The summed E-state index contributed by atoms with van der Waals surface area (Å²) in [6.45, 7) is 3.95. The highest BCUT2D eigenvalue weighted by atomic mass is 32.2. The van der Waals surface area contributed by atoms with Gasteiger partial charge in [-0.15, -0.1) is 0 Å². The van der Waals surface area contributed by atoms with Crippen molar-refractivity contribution in [2.24, 2.45) is 11.8 Å². The molecule has 7 heteroatoms. The Morgan fingerprint density at radius 3 is 2.52 bits per heavy atom. The minimum atomic E-state index is -3.06. The topological polar surface area (TPSA) is 78.5 Å². The molecule has 2 fully saturated rings. The summed E-state index contributed by atoms with van der Waals surface area (Å²) < 4.78 is 24.4. The molecule has 2 aliphatic heterocycles. The quantitative estimate of drug-likeness (QED) is 0.732. The monoisotopic (exact) mass is 317 g/mol. The second-order valence-electron chi connectivity index (χ2n) is 6.31. The highest BCUT2D eigenvalue weighted by Gasteiger charge is 2.25. The fourth-order valence-electron chi connectivity index (χ4n) is 3.09. The van der Waals surface area contributed by atoms with Crippen LogP contribution in [0.15, 0.2) is 0 Å². The molecule has 6 nitrogen and oxygen atoms in total. The van der Waals surface area contributed by atoms with Crippen LogP contribution in [0.3, 0.4) is 0 Å². The number of piperidine rings is 1. The second-order valence-corrected chi connectivity index (χ2v) is 8.29. The minimum Gasteiger partial charge on any atom is -0.356 e. The van der Waals surface area contributed by atoms with Gasteiger partial charge < -0.3 is 10.6 Å². The molecule has 2 rings (SSSR count). The first kappa shape index (κ1) is 16.7. The van der Waals surface area contributed by atoms with Crippen LogP contribution >= 0.6 is 0 Å². The van der Waals surface area contributed by atoms with Gasteiger partial charge >= 0.3 is 0 Å². The maximum Gasteiger partial charge on any atom is 0.220 e. The van der Waals surface area contributed by atoms with Crippen LogP contribution in [-0.4, -0.2) is 57.6 Å².